The highest BCUT2D eigenvalue weighted by atomic mass is 16.5. The molecule has 0 bridgehead atoms. The molecule has 0 radical (unpaired) electrons. The van der Waals surface area contributed by atoms with Crippen molar-refractivity contribution in [2.45, 2.75) is 13.3 Å². The molecule has 1 aromatic carbocycles. The number of hydrogen-bond donors (Lipinski definition) is 1. The second-order valence-corrected chi connectivity index (χ2v) is 4.59. The zero-order chi connectivity index (χ0) is 13.1. The summed E-state index contributed by atoms with van der Waals surface area (Å²) < 4.78 is 5.18. The van der Waals surface area contributed by atoms with Gasteiger partial charge in [-0.15, -0.1) is 0 Å². The van der Waals surface area contributed by atoms with E-state index in [1.54, 1.807) is 6.07 Å². The van der Waals surface area contributed by atoms with E-state index in [-0.39, 0.29) is 5.75 Å². The van der Waals surface area contributed by atoms with Gasteiger partial charge in [-0.3, -0.25) is 0 Å². The molecule has 5 heteroatoms. The number of aromatic nitrogens is 2. The first-order chi connectivity index (χ1) is 8.56. The van der Waals surface area contributed by atoms with E-state index in [9.17, 15) is 5.11 Å². The van der Waals surface area contributed by atoms with Gasteiger partial charge in [0.25, 0.3) is 5.89 Å². The molecule has 0 aliphatic heterocycles. The molecular weight excluding hydrogens is 230 g/mol. The third kappa shape index (κ3) is 2.87. The molecule has 2 rings (SSSR count). The first-order valence-corrected chi connectivity index (χ1v) is 5.83. The molecule has 0 spiro atoms. The number of hydrogen-bond acceptors (Lipinski definition) is 5. The molecule has 0 atom stereocenters. The minimum atomic E-state index is 0.156. The molecule has 1 heterocycles. The van der Waals surface area contributed by atoms with Crippen LogP contribution in [-0.4, -0.2) is 40.8 Å². The Labute approximate surface area is 106 Å². The SMILES string of the molecule is Cc1ccc(O)c(-c2nc(CCN(C)C)no2)c1. The highest BCUT2D eigenvalue weighted by molar-refractivity contribution is 5.62. The summed E-state index contributed by atoms with van der Waals surface area (Å²) in [4.78, 5) is 6.35. The monoisotopic (exact) mass is 247 g/mol. The smallest absolute Gasteiger partial charge is 0.261 e. The summed E-state index contributed by atoms with van der Waals surface area (Å²) in [7, 11) is 3.99. The van der Waals surface area contributed by atoms with Crippen LogP contribution in [0.25, 0.3) is 11.5 Å². The van der Waals surface area contributed by atoms with Gasteiger partial charge in [0, 0.05) is 13.0 Å². The number of phenols is 1. The van der Waals surface area contributed by atoms with Crippen molar-refractivity contribution in [2.24, 2.45) is 0 Å². The van der Waals surface area contributed by atoms with E-state index in [1.807, 2.05) is 33.2 Å². The molecule has 2 aromatic rings. The van der Waals surface area contributed by atoms with Gasteiger partial charge >= 0.3 is 0 Å². The maximum absolute atomic E-state index is 9.78. The predicted molar refractivity (Wildman–Crippen MR) is 68.4 cm³/mol. The topological polar surface area (TPSA) is 62.4 Å². The van der Waals surface area contributed by atoms with Gasteiger partial charge in [0.15, 0.2) is 5.82 Å². The maximum atomic E-state index is 9.78. The fraction of sp³-hybridized carbons (Fsp3) is 0.385. The molecule has 0 aliphatic carbocycles. The van der Waals surface area contributed by atoms with E-state index < -0.39 is 0 Å². The number of likely N-dealkylation sites (N-methyl/N-ethyl adjacent to an activating group) is 1. The van der Waals surface area contributed by atoms with Crippen LogP contribution in [0.2, 0.25) is 0 Å². The van der Waals surface area contributed by atoms with E-state index >= 15 is 0 Å². The largest absolute Gasteiger partial charge is 0.507 e. The summed E-state index contributed by atoms with van der Waals surface area (Å²) >= 11 is 0. The van der Waals surface area contributed by atoms with E-state index in [1.165, 1.54) is 0 Å². The van der Waals surface area contributed by atoms with Gasteiger partial charge in [-0.25, -0.2) is 0 Å². The Hall–Kier alpha value is -1.88. The third-order valence-corrected chi connectivity index (χ3v) is 2.63. The quantitative estimate of drug-likeness (QED) is 0.893. The van der Waals surface area contributed by atoms with Crippen molar-refractivity contribution >= 4 is 0 Å². The molecule has 1 aromatic heterocycles. The van der Waals surface area contributed by atoms with Crippen LogP contribution < -0.4 is 0 Å². The summed E-state index contributed by atoms with van der Waals surface area (Å²) in [5, 5.41) is 13.7. The Kier molecular flexibility index (Phi) is 3.62. The summed E-state index contributed by atoms with van der Waals surface area (Å²) in [5.74, 6) is 1.17. The van der Waals surface area contributed by atoms with E-state index in [0.717, 1.165) is 18.5 Å². The van der Waals surface area contributed by atoms with Crippen molar-refractivity contribution in [1.29, 1.82) is 0 Å². The van der Waals surface area contributed by atoms with Crippen LogP contribution in [0.15, 0.2) is 22.7 Å². The van der Waals surface area contributed by atoms with Crippen molar-refractivity contribution in [3.8, 4) is 17.2 Å². The van der Waals surface area contributed by atoms with Crippen LogP contribution in [-0.2, 0) is 6.42 Å². The number of aryl methyl sites for hydroxylation is 1. The molecule has 18 heavy (non-hydrogen) atoms. The van der Waals surface area contributed by atoms with Crippen LogP contribution in [0.3, 0.4) is 0 Å². The average Bonchev–Trinajstić information content (AvgIpc) is 2.78. The van der Waals surface area contributed by atoms with Crippen LogP contribution >= 0.6 is 0 Å². The van der Waals surface area contributed by atoms with Gasteiger partial charge in [0.05, 0.1) is 5.56 Å². The van der Waals surface area contributed by atoms with Gasteiger partial charge in [-0.2, -0.15) is 4.98 Å². The van der Waals surface area contributed by atoms with Crippen molar-refractivity contribution < 1.29 is 9.63 Å². The standard InChI is InChI=1S/C13H17N3O2/c1-9-4-5-11(17)10(8-9)13-14-12(15-18-13)6-7-16(2)3/h4-5,8,17H,6-7H2,1-3H3. The number of aromatic hydroxyl groups is 1. The normalized spacial score (nSPS) is 11.1. The predicted octanol–water partition coefficient (Wildman–Crippen LogP) is 1.85. The summed E-state index contributed by atoms with van der Waals surface area (Å²) in [6.07, 6.45) is 0.725. The highest BCUT2D eigenvalue weighted by Crippen LogP contribution is 2.28. The molecule has 0 aliphatic rings. The Balaban J connectivity index is 2.21. The fourth-order valence-corrected chi connectivity index (χ4v) is 1.61. The zero-order valence-electron chi connectivity index (χ0n) is 10.8. The Morgan fingerprint density at radius 2 is 2.11 bits per heavy atom. The number of rotatable bonds is 4. The van der Waals surface area contributed by atoms with Crippen LogP contribution in [0.1, 0.15) is 11.4 Å². The zero-order valence-corrected chi connectivity index (χ0v) is 10.8. The molecule has 0 saturated carbocycles. The van der Waals surface area contributed by atoms with Crippen molar-refractivity contribution in [2.75, 3.05) is 20.6 Å². The molecule has 0 fully saturated rings. The summed E-state index contributed by atoms with van der Waals surface area (Å²) in [6.45, 7) is 2.81. The second kappa shape index (κ2) is 5.18. The first-order valence-electron chi connectivity index (χ1n) is 5.83. The van der Waals surface area contributed by atoms with Gasteiger partial charge in [0.1, 0.15) is 5.75 Å². The lowest BCUT2D eigenvalue weighted by molar-refractivity contribution is 0.391. The Bertz CT molecular complexity index is 535. The van der Waals surface area contributed by atoms with Crippen LogP contribution in [0.4, 0.5) is 0 Å². The van der Waals surface area contributed by atoms with E-state index in [0.29, 0.717) is 17.3 Å². The Morgan fingerprint density at radius 3 is 2.83 bits per heavy atom. The van der Waals surface area contributed by atoms with Gasteiger partial charge < -0.3 is 14.5 Å². The van der Waals surface area contributed by atoms with Crippen LogP contribution in [0.5, 0.6) is 5.75 Å². The van der Waals surface area contributed by atoms with Gasteiger partial charge in [0.2, 0.25) is 0 Å². The summed E-state index contributed by atoms with van der Waals surface area (Å²) in [6, 6.07) is 5.30. The fourth-order valence-electron chi connectivity index (χ4n) is 1.61. The lowest BCUT2D eigenvalue weighted by Crippen LogP contribution is -2.15. The second-order valence-electron chi connectivity index (χ2n) is 4.59. The van der Waals surface area contributed by atoms with Crippen LogP contribution in [0, 0.1) is 6.92 Å². The molecule has 0 saturated heterocycles. The lowest BCUT2D eigenvalue weighted by Gasteiger charge is -2.05. The number of nitrogens with zero attached hydrogens (tertiary/aromatic N) is 3. The molecule has 1 N–H and O–H groups in total. The number of phenolic OH excluding ortho intramolecular Hbond substituents is 1. The molecule has 5 nitrogen and oxygen atoms in total. The lowest BCUT2D eigenvalue weighted by atomic mass is 10.1. The average molecular weight is 247 g/mol. The third-order valence-electron chi connectivity index (χ3n) is 2.63. The van der Waals surface area contributed by atoms with Crippen molar-refractivity contribution in [1.82, 2.24) is 15.0 Å². The minimum absolute atomic E-state index is 0.156. The molecule has 0 unspecified atom stereocenters. The van der Waals surface area contributed by atoms with E-state index in [4.69, 9.17) is 4.52 Å². The minimum Gasteiger partial charge on any atom is -0.507 e. The van der Waals surface area contributed by atoms with Crippen molar-refractivity contribution in [3.05, 3.63) is 29.6 Å². The summed E-state index contributed by atoms with van der Waals surface area (Å²) in [5.41, 5.74) is 1.62. The van der Waals surface area contributed by atoms with E-state index in [2.05, 4.69) is 15.0 Å². The maximum Gasteiger partial charge on any atom is 0.261 e. The highest BCUT2D eigenvalue weighted by Gasteiger charge is 2.12. The molecule has 0 amide bonds. The molecular formula is C13H17N3O2. The van der Waals surface area contributed by atoms with Crippen molar-refractivity contribution in [3.63, 3.8) is 0 Å². The van der Waals surface area contributed by atoms with Gasteiger partial charge in [-0.05, 0) is 33.2 Å². The molecule has 96 valence electrons. The Morgan fingerprint density at radius 1 is 1.33 bits per heavy atom. The van der Waals surface area contributed by atoms with Gasteiger partial charge in [-0.1, -0.05) is 16.8 Å². The number of benzene rings is 1. The first kappa shape index (κ1) is 12.6.